The Morgan fingerprint density at radius 3 is 2.89 bits per heavy atom. The highest BCUT2D eigenvalue weighted by atomic mass is 19.1. The topological polar surface area (TPSA) is 73.1 Å². The number of aryl methyl sites for hydroxylation is 1. The van der Waals surface area contributed by atoms with Crippen LogP contribution in [0.15, 0.2) is 48.5 Å². The van der Waals surface area contributed by atoms with Gasteiger partial charge >= 0.3 is 0 Å². The molecule has 0 saturated heterocycles. The molecule has 6 heteroatoms. The van der Waals surface area contributed by atoms with Crippen molar-refractivity contribution in [1.29, 1.82) is 0 Å². The van der Waals surface area contributed by atoms with Crippen LogP contribution >= 0.6 is 0 Å². The van der Waals surface area contributed by atoms with Crippen molar-refractivity contribution in [2.45, 2.75) is 25.3 Å². The summed E-state index contributed by atoms with van der Waals surface area (Å²) in [6.45, 7) is 0. The Kier molecular flexibility index (Phi) is 4.62. The van der Waals surface area contributed by atoms with Crippen LogP contribution < -0.4 is 15.8 Å². The minimum Gasteiger partial charge on any atom is -0.497 e. The zero-order valence-electron chi connectivity index (χ0n) is 15.1. The molecule has 0 spiro atoms. The molecule has 4 rings (SSSR count). The standard InChI is InChI=1S/C21H21FN4O/c1-27-16-6-2-5-14(10-16)19-12-20(26-21(23)25-19)17-7-3-4-13-8-9-15(22)11-18(13)24-17/h2,5-6,8-12,17,24H,3-4,7H2,1H3,(H2,23,25,26). The van der Waals surface area contributed by atoms with Crippen LogP contribution in [0.4, 0.5) is 16.0 Å². The lowest BCUT2D eigenvalue weighted by Gasteiger charge is -2.19. The lowest BCUT2D eigenvalue weighted by Crippen LogP contribution is -2.13. The number of nitrogens with zero attached hydrogens (tertiary/aromatic N) is 2. The van der Waals surface area contributed by atoms with Gasteiger partial charge in [0.1, 0.15) is 11.6 Å². The number of benzene rings is 2. The Balaban J connectivity index is 1.70. The number of nitrogens with one attached hydrogen (secondary N) is 1. The fraction of sp³-hybridized carbons (Fsp3) is 0.238. The van der Waals surface area contributed by atoms with E-state index in [4.69, 9.17) is 10.5 Å². The third-order valence-electron chi connectivity index (χ3n) is 4.83. The molecule has 27 heavy (non-hydrogen) atoms. The summed E-state index contributed by atoms with van der Waals surface area (Å²) < 4.78 is 19.0. The number of aromatic nitrogens is 2. The monoisotopic (exact) mass is 364 g/mol. The summed E-state index contributed by atoms with van der Waals surface area (Å²) in [5, 5.41) is 3.43. The van der Waals surface area contributed by atoms with Gasteiger partial charge in [0.25, 0.3) is 0 Å². The van der Waals surface area contributed by atoms with Gasteiger partial charge in [-0.3, -0.25) is 0 Å². The Morgan fingerprint density at radius 1 is 1.15 bits per heavy atom. The number of halogens is 1. The number of hydrogen-bond donors (Lipinski definition) is 2. The molecule has 3 N–H and O–H groups in total. The van der Waals surface area contributed by atoms with Gasteiger partial charge in [-0.15, -0.1) is 0 Å². The number of hydrogen-bond acceptors (Lipinski definition) is 5. The fourth-order valence-electron chi connectivity index (χ4n) is 3.47. The summed E-state index contributed by atoms with van der Waals surface area (Å²) in [4.78, 5) is 8.82. The molecule has 0 aliphatic carbocycles. The predicted octanol–water partition coefficient (Wildman–Crippen LogP) is 4.36. The maximum absolute atomic E-state index is 13.7. The zero-order valence-corrected chi connectivity index (χ0v) is 15.1. The molecule has 2 aromatic carbocycles. The van der Waals surface area contributed by atoms with E-state index in [9.17, 15) is 4.39 Å². The summed E-state index contributed by atoms with van der Waals surface area (Å²) in [5.74, 6) is 0.722. The highest BCUT2D eigenvalue weighted by Crippen LogP contribution is 2.33. The van der Waals surface area contributed by atoms with E-state index in [1.54, 1.807) is 13.2 Å². The molecule has 1 aliphatic heterocycles. The Labute approximate surface area is 157 Å². The second-order valence-electron chi connectivity index (χ2n) is 6.66. The number of fused-ring (bicyclic) bond motifs is 1. The first kappa shape index (κ1) is 17.3. The molecular weight excluding hydrogens is 343 g/mol. The Bertz CT molecular complexity index is 976. The molecule has 0 bridgehead atoms. The van der Waals surface area contributed by atoms with E-state index in [2.05, 4.69) is 15.3 Å². The summed E-state index contributed by atoms with van der Waals surface area (Å²) in [6, 6.07) is 14.4. The second-order valence-corrected chi connectivity index (χ2v) is 6.66. The molecule has 3 aromatic rings. The first-order valence-electron chi connectivity index (χ1n) is 8.96. The molecule has 1 atom stereocenters. The zero-order chi connectivity index (χ0) is 18.8. The largest absolute Gasteiger partial charge is 0.497 e. The van der Waals surface area contributed by atoms with Gasteiger partial charge in [-0.2, -0.15) is 0 Å². The van der Waals surface area contributed by atoms with Crippen molar-refractivity contribution in [3.63, 3.8) is 0 Å². The number of nitrogens with two attached hydrogens (primary N) is 1. The SMILES string of the molecule is COc1cccc(-c2cc(C3CCCc4ccc(F)cc4N3)nc(N)n2)c1. The van der Waals surface area contributed by atoms with Gasteiger partial charge in [-0.05, 0) is 55.2 Å². The Morgan fingerprint density at radius 2 is 2.04 bits per heavy atom. The average Bonchev–Trinajstić information content (AvgIpc) is 2.89. The molecule has 2 heterocycles. The Hall–Kier alpha value is -3.15. The van der Waals surface area contributed by atoms with Crippen LogP contribution in [0.3, 0.4) is 0 Å². The smallest absolute Gasteiger partial charge is 0.220 e. The van der Waals surface area contributed by atoms with E-state index in [0.717, 1.165) is 53.2 Å². The van der Waals surface area contributed by atoms with Crippen molar-refractivity contribution < 1.29 is 9.13 Å². The van der Waals surface area contributed by atoms with Gasteiger partial charge in [0, 0.05) is 11.3 Å². The molecule has 1 aromatic heterocycles. The van der Waals surface area contributed by atoms with E-state index >= 15 is 0 Å². The van der Waals surface area contributed by atoms with Crippen molar-refractivity contribution in [2.24, 2.45) is 0 Å². The van der Waals surface area contributed by atoms with Crippen LogP contribution in [0.1, 0.15) is 30.1 Å². The molecule has 138 valence electrons. The first-order valence-corrected chi connectivity index (χ1v) is 8.96. The summed E-state index contributed by atoms with van der Waals surface area (Å²) in [6.07, 6.45) is 2.77. The summed E-state index contributed by atoms with van der Waals surface area (Å²) >= 11 is 0. The third kappa shape index (κ3) is 3.69. The average molecular weight is 364 g/mol. The highest BCUT2D eigenvalue weighted by Gasteiger charge is 2.20. The van der Waals surface area contributed by atoms with Crippen LogP contribution in [-0.4, -0.2) is 17.1 Å². The number of rotatable bonds is 3. The maximum atomic E-state index is 13.7. The first-order chi connectivity index (χ1) is 13.1. The molecule has 1 aliphatic rings. The number of anilines is 2. The summed E-state index contributed by atoms with van der Waals surface area (Å²) in [5.41, 5.74) is 10.4. The molecule has 0 amide bonds. The van der Waals surface area contributed by atoms with E-state index in [1.807, 2.05) is 36.4 Å². The van der Waals surface area contributed by atoms with Crippen LogP contribution in [0.2, 0.25) is 0 Å². The predicted molar refractivity (Wildman–Crippen MR) is 104 cm³/mol. The van der Waals surface area contributed by atoms with Crippen LogP contribution in [0.5, 0.6) is 5.75 Å². The van der Waals surface area contributed by atoms with Crippen LogP contribution in [0.25, 0.3) is 11.3 Å². The molecule has 0 saturated carbocycles. The van der Waals surface area contributed by atoms with Gasteiger partial charge < -0.3 is 15.8 Å². The van der Waals surface area contributed by atoms with Gasteiger partial charge in [-0.25, -0.2) is 14.4 Å². The van der Waals surface area contributed by atoms with Crippen LogP contribution in [-0.2, 0) is 6.42 Å². The van der Waals surface area contributed by atoms with Crippen molar-refractivity contribution in [3.8, 4) is 17.0 Å². The summed E-state index contributed by atoms with van der Waals surface area (Å²) in [7, 11) is 1.63. The van der Waals surface area contributed by atoms with Crippen molar-refractivity contribution >= 4 is 11.6 Å². The quantitative estimate of drug-likeness (QED) is 0.722. The maximum Gasteiger partial charge on any atom is 0.220 e. The van der Waals surface area contributed by atoms with Gasteiger partial charge in [0.2, 0.25) is 5.95 Å². The number of methoxy groups -OCH3 is 1. The molecule has 0 fully saturated rings. The van der Waals surface area contributed by atoms with Crippen molar-refractivity contribution in [3.05, 3.63) is 65.6 Å². The molecule has 1 unspecified atom stereocenters. The normalized spacial score (nSPS) is 16.1. The highest BCUT2D eigenvalue weighted by molar-refractivity contribution is 5.63. The fourth-order valence-corrected chi connectivity index (χ4v) is 3.47. The number of ether oxygens (including phenoxy) is 1. The van der Waals surface area contributed by atoms with E-state index in [1.165, 1.54) is 6.07 Å². The van der Waals surface area contributed by atoms with Gasteiger partial charge in [0.05, 0.1) is 24.5 Å². The van der Waals surface area contributed by atoms with Crippen molar-refractivity contribution in [1.82, 2.24) is 9.97 Å². The van der Waals surface area contributed by atoms with E-state index in [0.29, 0.717) is 0 Å². The lowest BCUT2D eigenvalue weighted by molar-refractivity contribution is 0.415. The van der Waals surface area contributed by atoms with E-state index < -0.39 is 0 Å². The number of nitrogen functional groups attached to an aromatic ring is 1. The van der Waals surface area contributed by atoms with Crippen molar-refractivity contribution in [2.75, 3.05) is 18.2 Å². The van der Waals surface area contributed by atoms with Crippen LogP contribution in [0, 0.1) is 5.82 Å². The minimum absolute atomic E-state index is 0.0530. The molecule has 0 radical (unpaired) electrons. The van der Waals surface area contributed by atoms with Gasteiger partial charge in [0.15, 0.2) is 0 Å². The molecule has 5 nitrogen and oxygen atoms in total. The molecular formula is C21H21FN4O. The third-order valence-corrected chi connectivity index (χ3v) is 4.83. The lowest BCUT2D eigenvalue weighted by atomic mass is 10.0. The van der Waals surface area contributed by atoms with E-state index in [-0.39, 0.29) is 17.8 Å². The second kappa shape index (κ2) is 7.23. The van der Waals surface area contributed by atoms with Gasteiger partial charge in [-0.1, -0.05) is 18.2 Å². The minimum atomic E-state index is -0.249.